The van der Waals surface area contributed by atoms with Crippen LogP contribution in [0.4, 0.5) is 0 Å². The van der Waals surface area contributed by atoms with Gasteiger partial charge in [0, 0.05) is 11.8 Å². The van der Waals surface area contributed by atoms with Gasteiger partial charge in [0.2, 0.25) is 0 Å². The maximum Gasteiger partial charge on any atom is 0.186 e. The van der Waals surface area contributed by atoms with Gasteiger partial charge in [0.1, 0.15) is 6.10 Å². The lowest BCUT2D eigenvalue weighted by atomic mass is 9.54. The van der Waals surface area contributed by atoms with Gasteiger partial charge >= 0.3 is 0 Å². The van der Waals surface area contributed by atoms with E-state index in [1.807, 2.05) is 26.8 Å². The first kappa shape index (κ1) is 31.9. The second kappa shape index (κ2) is 10.5. The summed E-state index contributed by atoms with van der Waals surface area (Å²) in [6.07, 6.45) is 13.4. The van der Waals surface area contributed by atoms with Gasteiger partial charge in [-0.2, -0.15) is 0 Å². The molecule has 14 unspecified atom stereocenters. The zero-order chi connectivity index (χ0) is 31.3. The summed E-state index contributed by atoms with van der Waals surface area (Å²) in [5.41, 5.74) is -0.899. The van der Waals surface area contributed by atoms with Crippen LogP contribution >= 0.6 is 0 Å². The highest BCUT2D eigenvalue weighted by molar-refractivity contribution is 5.54. The third-order valence-electron chi connectivity index (χ3n) is 13.7. The Balaban J connectivity index is 1.25. The highest BCUT2D eigenvalue weighted by Gasteiger charge is 2.81. The second-order valence-corrected chi connectivity index (χ2v) is 17.0. The van der Waals surface area contributed by atoms with Crippen molar-refractivity contribution in [3.63, 3.8) is 0 Å². The molecule has 242 valence electrons. The van der Waals surface area contributed by atoms with Crippen LogP contribution in [0.1, 0.15) is 99.8 Å². The predicted molar refractivity (Wildman–Crippen MR) is 168 cm³/mol. The number of aliphatic hydroxyl groups is 4. The fraction of sp³-hybridized carbons (Fsp3) is 0.838. The normalized spacial score (nSPS) is 51.3. The van der Waals surface area contributed by atoms with E-state index in [2.05, 4.69) is 52.5 Å². The molecule has 6 nitrogen and oxygen atoms in total. The molecule has 5 fully saturated rings. The van der Waals surface area contributed by atoms with E-state index in [1.165, 1.54) is 12.8 Å². The summed E-state index contributed by atoms with van der Waals surface area (Å²) in [6.45, 7) is 19.6. The number of aliphatic hydroxyl groups excluding tert-OH is 2. The van der Waals surface area contributed by atoms with Gasteiger partial charge in [0.25, 0.3) is 0 Å². The first-order chi connectivity index (χ1) is 20.0. The standard InChI is InChI=1S/C37H58O6/c1-21(10-9-17-33(4,5)40)24-11-13-26-27-14-12-25-28(37(41)23(3)36(27,37)19-18-35(24,26)8)15-16-30(34(25,6)7)43-32-31(39)29(38)20-22(2)42-32/h9,12,14,17,21-22,24-32,38-41H,3,10-11,13,15-16,18-20H2,1-2,4-8H3/b17-9+. The van der Waals surface area contributed by atoms with Gasteiger partial charge in [-0.1, -0.05) is 58.6 Å². The fourth-order valence-electron chi connectivity index (χ4n) is 11.4. The van der Waals surface area contributed by atoms with Crippen LogP contribution in [0.15, 0.2) is 36.5 Å². The van der Waals surface area contributed by atoms with Crippen LogP contribution in [0, 0.1) is 51.8 Å². The minimum atomic E-state index is -1.06. The molecule has 0 aromatic carbocycles. The van der Waals surface area contributed by atoms with Gasteiger partial charge in [0.05, 0.1) is 29.5 Å². The average molecular weight is 599 g/mol. The molecule has 0 amide bonds. The molecule has 6 rings (SSSR count). The van der Waals surface area contributed by atoms with E-state index in [9.17, 15) is 20.4 Å². The van der Waals surface area contributed by atoms with Crippen molar-refractivity contribution in [2.24, 2.45) is 51.8 Å². The predicted octanol–water partition coefficient (Wildman–Crippen LogP) is 5.93. The third kappa shape index (κ3) is 4.71. The summed E-state index contributed by atoms with van der Waals surface area (Å²) in [6, 6.07) is 0. The maximum atomic E-state index is 12.7. The molecule has 1 heterocycles. The van der Waals surface area contributed by atoms with Crippen molar-refractivity contribution in [1.29, 1.82) is 0 Å². The molecule has 1 spiro atoms. The summed E-state index contributed by atoms with van der Waals surface area (Å²) < 4.78 is 12.5. The first-order valence-electron chi connectivity index (χ1n) is 17.2. The second-order valence-electron chi connectivity index (χ2n) is 17.0. The molecule has 14 atom stereocenters. The van der Waals surface area contributed by atoms with Gasteiger partial charge in [-0.15, -0.1) is 0 Å². The van der Waals surface area contributed by atoms with Crippen molar-refractivity contribution in [2.45, 2.75) is 142 Å². The summed E-state index contributed by atoms with van der Waals surface area (Å²) in [7, 11) is 0. The number of hydrogen-bond donors (Lipinski definition) is 4. The van der Waals surface area contributed by atoms with E-state index in [4.69, 9.17) is 9.47 Å². The van der Waals surface area contributed by atoms with Crippen LogP contribution in [0.25, 0.3) is 0 Å². The molecule has 0 aromatic rings. The molecular formula is C37H58O6. The fourth-order valence-corrected chi connectivity index (χ4v) is 11.4. The Morgan fingerprint density at radius 1 is 1.07 bits per heavy atom. The quantitative estimate of drug-likeness (QED) is 0.283. The zero-order valence-electron chi connectivity index (χ0n) is 27.6. The molecule has 6 aliphatic rings. The van der Waals surface area contributed by atoms with Crippen LogP contribution in [0.2, 0.25) is 0 Å². The summed E-state index contributed by atoms with van der Waals surface area (Å²) >= 11 is 0. The van der Waals surface area contributed by atoms with E-state index < -0.39 is 29.7 Å². The lowest BCUT2D eigenvalue weighted by Gasteiger charge is -2.52. The number of allylic oxidation sites excluding steroid dienone is 3. The molecule has 0 bridgehead atoms. The van der Waals surface area contributed by atoms with E-state index >= 15 is 0 Å². The van der Waals surface area contributed by atoms with E-state index in [-0.39, 0.29) is 46.2 Å². The van der Waals surface area contributed by atoms with Gasteiger partial charge < -0.3 is 29.9 Å². The molecule has 0 radical (unpaired) electrons. The first-order valence-corrected chi connectivity index (χ1v) is 17.2. The maximum absolute atomic E-state index is 12.7. The minimum Gasteiger partial charge on any atom is -0.390 e. The van der Waals surface area contributed by atoms with Crippen molar-refractivity contribution in [3.8, 4) is 0 Å². The van der Waals surface area contributed by atoms with Gasteiger partial charge in [-0.25, -0.2) is 0 Å². The summed E-state index contributed by atoms with van der Waals surface area (Å²) in [5, 5.41) is 43.9. The van der Waals surface area contributed by atoms with Crippen LogP contribution in [0.5, 0.6) is 0 Å². The Morgan fingerprint density at radius 2 is 1.74 bits per heavy atom. The molecule has 0 aromatic heterocycles. The van der Waals surface area contributed by atoms with E-state index in [0.29, 0.717) is 24.2 Å². The van der Waals surface area contributed by atoms with E-state index in [0.717, 1.165) is 37.7 Å². The Kier molecular flexibility index (Phi) is 7.80. The number of hydrogen-bond acceptors (Lipinski definition) is 6. The van der Waals surface area contributed by atoms with Crippen molar-refractivity contribution in [3.05, 3.63) is 36.5 Å². The lowest BCUT2D eigenvalue weighted by Crippen LogP contribution is -2.55. The Bertz CT molecular complexity index is 1150. The number of fused-ring (bicyclic) bond motifs is 4. The molecule has 4 saturated carbocycles. The van der Waals surface area contributed by atoms with Gasteiger partial charge in [-0.3, -0.25) is 0 Å². The number of ether oxygens (including phenoxy) is 2. The van der Waals surface area contributed by atoms with Crippen molar-refractivity contribution >= 4 is 0 Å². The highest BCUT2D eigenvalue weighted by Crippen LogP contribution is 2.81. The van der Waals surface area contributed by atoms with Crippen LogP contribution in [0.3, 0.4) is 0 Å². The topological polar surface area (TPSA) is 99.4 Å². The van der Waals surface area contributed by atoms with Gasteiger partial charge in [-0.05, 0) is 118 Å². The lowest BCUT2D eigenvalue weighted by molar-refractivity contribution is -0.296. The monoisotopic (exact) mass is 598 g/mol. The molecule has 1 aliphatic heterocycles. The van der Waals surface area contributed by atoms with Crippen molar-refractivity contribution in [1.82, 2.24) is 0 Å². The van der Waals surface area contributed by atoms with Crippen LogP contribution < -0.4 is 0 Å². The third-order valence-corrected chi connectivity index (χ3v) is 13.7. The van der Waals surface area contributed by atoms with E-state index in [1.54, 1.807) is 0 Å². The number of rotatable bonds is 6. The SMILES string of the molecule is C=C1C2(O)C3CCC(OC4OC(C)CC(O)C4O)C(C)(C)C3C=CC3C4CCC(C(C)C/C=C/C(C)(C)O)C4(C)CCC132. The van der Waals surface area contributed by atoms with Crippen LogP contribution in [-0.2, 0) is 9.47 Å². The largest absolute Gasteiger partial charge is 0.390 e. The smallest absolute Gasteiger partial charge is 0.186 e. The van der Waals surface area contributed by atoms with Crippen LogP contribution in [-0.4, -0.2) is 62.3 Å². The Labute approximate surface area is 259 Å². The molecule has 6 heteroatoms. The minimum absolute atomic E-state index is 0.0882. The van der Waals surface area contributed by atoms with Crippen molar-refractivity contribution < 1.29 is 29.9 Å². The molecule has 4 N–H and O–H groups in total. The molecular weight excluding hydrogens is 540 g/mol. The molecule has 43 heavy (non-hydrogen) atoms. The molecule has 1 saturated heterocycles. The highest BCUT2D eigenvalue weighted by atomic mass is 16.7. The average Bonchev–Trinajstić information content (AvgIpc) is 3.20. The summed E-state index contributed by atoms with van der Waals surface area (Å²) in [4.78, 5) is 0. The Morgan fingerprint density at radius 3 is 2.44 bits per heavy atom. The Hall–Kier alpha value is -1.02. The van der Waals surface area contributed by atoms with Gasteiger partial charge in [0.15, 0.2) is 6.29 Å². The zero-order valence-corrected chi connectivity index (χ0v) is 27.6. The summed E-state index contributed by atoms with van der Waals surface area (Å²) in [5.74, 6) is 2.15. The molecule has 5 aliphatic carbocycles. The van der Waals surface area contributed by atoms with Crippen molar-refractivity contribution in [2.75, 3.05) is 0 Å².